The van der Waals surface area contributed by atoms with Crippen molar-refractivity contribution in [2.45, 2.75) is 27.4 Å². The first kappa shape index (κ1) is 18.3. The summed E-state index contributed by atoms with van der Waals surface area (Å²) < 4.78 is 1.98. The molecule has 5 nitrogen and oxygen atoms in total. The lowest BCUT2D eigenvalue weighted by Gasteiger charge is -2.18. The Kier molecular flexibility index (Phi) is 5.17. The molecule has 0 atom stereocenters. The first-order valence-corrected chi connectivity index (χ1v) is 9.79. The molecular formula is C23H25N5. The van der Waals surface area contributed by atoms with E-state index in [1.54, 1.807) is 0 Å². The van der Waals surface area contributed by atoms with Crippen LogP contribution in [0.1, 0.15) is 19.5 Å². The molecule has 4 aromatic rings. The van der Waals surface area contributed by atoms with Gasteiger partial charge in [-0.25, -0.2) is 4.68 Å². The third-order valence-electron chi connectivity index (χ3n) is 5.17. The van der Waals surface area contributed by atoms with E-state index < -0.39 is 0 Å². The molecular weight excluding hydrogens is 346 g/mol. The number of nitrogens with zero attached hydrogens (tertiary/aromatic N) is 5. The smallest absolute Gasteiger partial charge is 0.182 e. The lowest BCUT2D eigenvalue weighted by molar-refractivity contribution is 0.232. The minimum atomic E-state index is 0.713. The van der Waals surface area contributed by atoms with Crippen molar-refractivity contribution >= 4 is 11.0 Å². The molecule has 142 valence electrons. The zero-order valence-corrected chi connectivity index (χ0v) is 16.6. The van der Waals surface area contributed by atoms with Crippen molar-refractivity contribution in [3.05, 3.63) is 66.4 Å². The molecule has 4 rings (SSSR count). The Morgan fingerprint density at radius 2 is 1.43 bits per heavy atom. The zero-order valence-electron chi connectivity index (χ0n) is 16.6. The topological polar surface area (TPSA) is 46.8 Å². The van der Waals surface area contributed by atoms with Gasteiger partial charge in [-0.05, 0) is 25.6 Å². The summed E-state index contributed by atoms with van der Waals surface area (Å²) >= 11 is 0. The zero-order chi connectivity index (χ0) is 19.5. The number of aryl methyl sites for hydroxylation is 1. The Labute approximate surface area is 165 Å². The summed E-state index contributed by atoms with van der Waals surface area (Å²) in [5.74, 6) is 0. The molecule has 0 bridgehead atoms. The van der Waals surface area contributed by atoms with Crippen LogP contribution in [-0.4, -0.2) is 38.0 Å². The summed E-state index contributed by atoms with van der Waals surface area (Å²) in [7, 11) is 0. The summed E-state index contributed by atoms with van der Waals surface area (Å²) in [5, 5.41) is 15.2. The number of hydrogen-bond acceptors (Lipinski definition) is 4. The number of benzene rings is 2. The van der Waals surface area contributed by atoms with Crippen molar-refractivity contribution in [1.29, 1.82) is 0 Å². The SMILES string of the molecule is CCN(CC)Cn1nc(C)c2c(-c3ccccc3)c(-c3ccccc3)nnc21. The molecule has 0 saturated heterocycles. The van der Waals surface area contributed by atoms with Crippen LogP contribution in [0, 0.1) is 6.92 Å². The molecule has 0 amide bonds. The maximum Gasteiger partial charge on any atom is 0.182 e. The van der Waals surface area contributed by atoms with Crippen molar-refractivity contribution in [1.82, 2.24) is 24.9 Å². The lowest BCUT2D eigenvalue weighted by Crippen LogP contribution is -2.26. The van der Waals surface area contributed by atoms with Crippen LogP contribution >= 0.6 is 0 Å². The highest BCUT2D eigenvalue weighted by molar-refractivity contribution is 6.01. The van der Waals surface area contributed by atoms with E-state index >= 15 is 0 Å². The van der Waals surface area contributed by atoms with Gasteiger partial charge in [0.2, 0.25) is 0 Å². The van der Waals surface area contributed by atoms with Crippen LogP contribution in [0.25, 0.3) is 33.4 Å². The van der Waals surface area contributed by atoms with Gasteiger partial charge in [0, 0.05) is 11.1 Å². The maximum atomic E-state index is 4.82. The van der Waals surface area contributed by atoms with Crippen molar-refractivity contribution in [3.8, 4) is 22.4 Å². The van der Waals surface area contributed by atoms with Crippen LogP contribution in [0.15, 0.2) is 60.7 Å². The van der Waals surface area contributed by atoms with Crippen LogP contribution in [0.3, 0.4) is 0 Å². The third-order valence-corrected chi connectivity index (χ3v) is 5.17. The second-order valence-electron chi connectivity index (χ2n) is 6.88. The average molecular weight is 371 g/mol. The number of hydrogen-bond donors (Lipinski definition) is 0. The Balaban J connectivity index is 1.98. The van der Waals surface area contributed by atoms with E-state index in [0.717, 1.165) is 52.2 Å². The van der Waals surface area contributed by atoms with Crippen molar-refractivity contribution in [2.24, 2.45) is 0 Å². The number of aromatic nitrogens is 4. The van der Waals surface area contributed by atoms with Gasteiger partial charge in [-0.1, -0.05) is 74.5 Å². The Hall–Kier alpha value is -3.05. The molecule has 0 fully saturated rings. The highest BCUT2D eigenvalue weighted by atomic mass is 15.4. The second-order valence-corrected chi connectivity index (χ2v) is 6.88. The first-order valence-electron chi connectivity index (χ1n) is 9.79. The minimum absolute atomic E-state index is 0.713. The fourth-order valence-electron chi connectivity index (χ4n) is 3.62. The molecule has 0 aliphatic heterocycles. The van der Waals surface area contributed by atoms with Crippen molar-refractivity contribution in [2.75, 3.05) is 13.1 Å². The van der Waals surface area contributed by atoms with Gasteiger partial charge >= 0.3 is 0 Å². The summed E-state index contributed by atoms with van der Waals surface area (Å²) in [4.78, 5) is 2.32. The van der Waals surface area contributed by atoms with Gasteiger partial charge in [0.25, 0.3) is 0 Å². The minimum Gasteiger partial charge on any atom is -0.285 e. The summed E-state index contributed by atoms with van der Waals surface area (Å²) in [6.07, 6.45) is 0. The van der Waals surface area contributed by atoms with Crippen LogP contribution in [0.5, 0.6) is 0 Å². The molecule has 2 aromatic carbocycles. The van der Waals surface area contributed by atoms with Gasteiger partial charge < -0.3 is 0 Å². The van der Waals surface area contributed by atoms with E-state index in [-0.39, 0.29) is 0 Å². The van der Waals surface area contributed by atoms with Crippen LogP contribution in [-0.2, 0) is 6.67 Å². The monoisotopic (exact) mass is 371 g/mol. The van der Waals surface area contributed by atoms with E-state index in [4.69, 9.17) is 5.10 Å². The quantitative estimate of drug-likeness (QED) is 0.490. The van der Waals surface area contributed by atoms with Crippen molar-refractivity contribution < 1.29 is 0 Å². The Bertz CT molecular complexity index is 1070. The van der Waals surface area contributed by atoms with Crippen molar-refractivity contribution in [3.63, 3.8) is 0 Å². The summed E-state index contributed by atoms with van der Waals surface area (Å²) in [6.45, 7) is 9.04. The molecule has 0 aliphatic carbocycles. The van der Waals surface area contributed by atoms with Gasteiger partial charge in [0.1, 0.15) is 5.69 Å². The van der Waals surface area contributed by atoms with E-state index in [0.29, 0.717) is 6.67 Å². The fraction of sp³-hybridized carbons (Fsp3) is 0.261. The van der Waals surface area contributed by atoms with E-state index in [2.05, 4.69) is 72.3 Å². The number of rotatable bonds is 6. The normalized spacial score (nSPS) is 11.4. The highest BCUT2D eigenvalue weighted by Gasteiger charge is 2.20. The van der Waals surface area contributed by atoms with Gasteiger partial charge in [0.15, 0.2) is 5.65 Å². The highest BCUT2D eigenvalue weighted by Crippen LogP contribution is 2.36. The van der Waals surface area contributed by atoms with Crippen LogP contribution < -0.4 is 0 Å². The molecule has 0 spiro atoms. The fourth-order valence-corrected chi connectivity index (χ4v) is 3.62. The van der Waals surface area contributed by atoms with E-state index in [9.17, 15) is 0 Å². The third kappa shape index (κ3) is 3.29. The maximum absolute atomic E-state index is 4.82. The molecule has 0 aliphatic rings. The Morgan fingerprint density at radius 1 is 0.821 bits per heavy atom. The van der Waals surface area contributed by atoms with Gasteiger partial charge in [-0.2, -0.15) is 5.10 Å². The van der Waals surface area contributed by atoms with Gasteiger partial charge in [0.05, 0.1) is 17.7 Å². The predicted molar refractivity (Wildman–Crippen MR) is 114 cm³/mol. The summed E-state index contributed by atoms with van der Waals surface area (Å²) in [6, 6.07) is 20.7. The van der Waals surface area contributed by atoms with Crippen LogP contribution in [0.4, 0.5) is 0 Å². The predicted octanol–water partition coefficient (Wildman–Crippen LogP) is 4.77. The first-order chi connectivity index (χ1) is 13.7. The second kappa shape index (κ2) is 7.90. The average Bonchev–Trinajstić information content (AvgIpc) is 3.08. The molecule has 2 aromatic heterocycles. The van der Waals surface area contributed by atoms with Gasteiger partial charge in [-0.3, -0.25) is 4.90 Å². The molecule has 28 heavy (non-hydrogen) atoms. The van der Waals surface area contributed by atoms with Crippen LogP contribution in [0.2, 0.25) is 0 Å². The standard InChI is InChI=1S/C23H25N5/c1-4-27(5-2)16-28-23-20(17(3)26-28)21(18-12-8-6-9-13-18)22(24-25-23)19-14-10-7-11-15-19/h6-15H,4-5,16H2,1-3H3. The molecule has 0 radical (unpaired) electrons. The molecule has 2 heterocycles. The van der Waals surface area contributed by atoms with E-state index in [1.165, 1.54) is 0 Å². The molecule has 0 N–H and O–H groups in total. The largest absolute Gasteiger partial charge is 0.285 e. The van der Waals surface area contributed by atoms with Gasteiger partial charge in [-0.15, -0.1) is 10.2 Å². The summed E-state index contributed by atoms with van der Waals surface area (Å²) in [5.41, 5.74) is 6.00. The molecule has 5 heteroatoms. The Morgan fingerprint density at radius 3 is 2.04 bits per heavy atom. The van der Waals surface area contributed by atoms with E-state index in [1.807, 2.05) is 28.9 Å². The lowest BCUT2D eigenvalue weighted by atomic mass is 9.96. The number of fused-ring (bicyclic) bond motifs is 1. The molecule has 0 unspecified atom stereocenters. The molecule has 0 saturated carbocycles.